The van der Waals surface area contributed by atoms with E-state index < -0.39 is 8.07 Å². The highest BCUT2D eigenvalue weighted by Crippen LogP contribution is 2.50. The highest BCUT2D eigenvalue weighted by atomic mass is 28.3. The van der Waals surface area contributed by atoms with E-state index in [0.717, 1.165) is 34.0 Å². The average molecular weight is 908 g/mol. The fraction of sp³-hybridized carbons (Fsp3) is 0. The summed E-state index contributed by atoms with van der Waals surface area (Å²) >= 11 is 0. The van der Waals surface area contributed by atoms with Gasteiger partial charge in [-0.15, -0.1) is 0 Å². The second-order valence-corrected chi connectivity index (χ2v) is 22.2. The summed E-state index contributed by atoms with van der Waals surface area (Å²) in [5.74, 6) is 0. The number of hydrogen-bond donors (Lipinski definition) is 0. The standard InChI is InChI=1S/C66H45N3Si/c1-5-22-46(23-6-1)67-60-37-18-15-32-54(60)52-30-13-14-31-53(52)57-35-21-36-58-59-44-47(68-61-38-19-16-33-55(61)56-34-17-20-39-62(56)68)40-42-63(59)69(66(57)58)65-45-51(41-43-64(65)67)70(48-24-7-2-8-25-48,49-26-9-3-10-27-49)50-28-11-4-12-29-50/h1-45H. The Morgan fingerprint density at radius 1 is 0.243 bits per heavy atom. The average Bonchev–Trinajstić information content (AvgIpc) is 3.95. The van der Waals surface area contributed by atoms with Crippen molar-refractivity contribution in [2.45, 2.75) is 0 Å². The van der Waals surface area contributed by atoms with E-state index in [0.29, 0.717) is 0 Å². The molecule has 0 radical (unpaired) electrons. The molecule has 0 saturated carbocycles. The van der Waals surface area contributed by atoms with Gasteiger partial charge in [0.05, 0.1) is 39.1 Å². The van der Waals surface area contributed by atoms with Crippen molar-refractivity contribution in [3.05, 3.63) is 273 Å². The van der Waals surface area contributed by atoms with Crippen LogP contribution in [-0.2, 0) is 0 Å². The van der Waals surface area contributed by atoms with E-state index in [4.69, 9.17) is 0 Å². The lowest BCUT2D eigenvalue weighted by Crippen LogP contribution is -2.74. The van der Waals surface area contributed by atoms with Gasteiger partial charge in [0.1, 0.15) is 0 Å². The van der Waals surface area contributed by atoms with E-state index in [1.54, 1.807) is 0 Å². The first-order valence-corrected chi connectivity index (χ1v) is 26.2. The number of para-hydroxylation sites is 5. The summed E-state index contributed by atoms with van der Waals surface area (Å²) in [5.41, 5.74) is 15.0. The van der Waals surface area contributed by atoms with Crippen LogP contribution in [0.25, 0.3) is 77.2 Å². The van der Waals surface area contributed by atoms with Gasteiger partial charge in [-0.25, -0.2) is 0 Å². The number of nitrogens with zero attached hydrogens (tertiary/aromatic N) is 3. The van der Waals surface area contributed by atoms with Crippen LogP contribution in [0, 0.1) is 0 Å². The molecule has 13 aromatic rings. The maximum atomic E-state index is 2.61. The highest BCUT2D eigenvalue weighted by molar-refractivity contribution is 7.20. The van der Waals surface area contributed by atoms with Gasteiger partial charge in [0.2, 0.25) is 0 Å². The minimum absolute atomic E-state index is 1.09. The molecule has 328 valence electrons. The first-order chi connectivity index (χ1) is 34.8. The summed E-state index contributed by atoms with van der Waals surface area (Å²) in [4.78, 5) is 2.50. The number of fused-ring (bicyclic) bond motifs is 12. The number of aromatic nitrogens is 2. The Kier molecular flexibility index (Phi) is 9.23. The van der Waals surface area contributed by atoms with Gasteiger partial charge in [0.15, 0.2) is 8.07 Å². The van der Waals surface area contributed by atoms with Crippen LogP contribution >= 0.6 is 0 Å². The number of benzene rings is 11. The van der Waals surface area contributed by atoms with Crippen molar-refractivity contribution >= 4 is 89.5 Å². The van der Waals surface area contributed by atoms with Gasteiger partial charge in [-0.2, -0.15) is 0 Å². The van der Waals surface area contributed by atoms with E-state index in [2.05, 4.69) is 287 Å². The van der Waals surface area contributed by atoms with E-state index in [9.17, 15) is 0 Å². The van der Waals surface area contributed by atoms with Crippen molar-refractivity contribution in [2.24, 2.45) is 0 Å². The summed E-state index contributed by atoms with van der Waals surface area (Å²) < 4.78 is 5.05. The Labute approximate surface area is 408 Å². The SMILES string of the molecule is c1ccc(N2c3ccccc3-c3ccccc3-c3cccc4c5cc(-n6c7ccccc7c7ccccc76)ccc5n(c34)-c3cc([Si](c4ccccc4)(c4ccccc4)c4ccccc4)ccc32)cc1. The van der Waals surface area contributed by atoms with Crippen LogP contribution < -0.4 is 25.6 Å². The Balaban J connectivity index is 1.17. The lowest BCUT2D eigenvalue weighted by atomic mass is 9.91. The third kappa shape index (κ3) is 5.94. The smallest absolute Gasteiger partial charge is 0.179 e. The molecular weight excluding hydrogens is 863 g/mol. The minimum atomic E-state index is -3.00. The molecule has 0 bridgehead atoms. The maximum Gasteiger partial charge on any atom is 0.179 e. The van der Waals surface area contributed by atoms with Gasteiger partial charge in [0, 0.05) is 44.0 Å². The van der Waals surface area contributed by atoms with Crippen LogP contribution in [-0.4, -0.2) is 17.2 Å². The normalized spacial score (nSPS) is 12.3. The van der Waals surface area contributed by atoms with E-state index in [-0.39, 0.29) is 0 Å². The van der Waals surface area contributed by atoms with Gasteiger partial charge < -0.3 is 14.0 Å². The molecule has 0 atom stereocenters. The molecule has 14 rings (SSSR count). The molecule has 70 heavy (non-hydrogen) atoms. The predicted molar refractivity (Wildman–Crippen MR) is 298 cm³/mol. The van der Waals surface area contributed by atoms with Crippen LogP contribution in [0.2, 0.25) is 0 Å². The quantitative estimate of drug-likeness (QED) is 0.120. The summed E-state index contributed by atoms with van der Waals surface area (Å²) in [6.45, 7) is 0. The van der Waals surface area contributed by atoms with Crippen LogP contribution in [0.1, 0.15) is 0 Å². The zero-order valence-corrected chi connectivity index (χ0v) is 39.3. The van der Waals surface area contributed by atoms with E-state index >= 15 is 0 Å². The number of anilines is 3. The second kappa shape index (κ2) is 16.1. The monoisotopic (exact) mass is 907 g/mol. The molecule has 0 spiro atoms. The van der Waals surface area contributed by atoms with E-state index in [1.807, 2.05) is 0 Å². The topological polar surface area (TPSA) is 13.1 Å². The summed E-state index contributed by atoms with van der Waals surface area (Å²) in [7, 11) is -3.00. The zero-order valence-electron chi connectivity index (χ0n) is 38.3. The highest BCUT2D eigenvalue weighted by Gasteiger charge is 2.42. The van der Waals surface area contributed by atoms with Gasteiger partial charge in [-0.1, -0.05) is 212 Å². The number of hydrogen-bond acceptors (Lipinski definition) is 1. The fourth-order valence-electron chi connectivity index (χ4n) is 11.9. The summed E-state index contributed by atoms with van der Waals surface area (Å²) in [6.07, 6.45) is 0. The molecule has 0 saturated heterocycles. The molecule has 0 fully saturated rings. The lowest BCUT2D eigenvalue weighted by Gasteiger charge is -2.36. The molecule has 0 aliphatic carbocycles. The lowest BCUT2D eigenvalue weighted by molar-refractivity contribution is 1.14. The Morgan fingerprint density at radius 2 is 0.729 bits per heavy atom. The third-order valence-electron chi connectivity index (χ3n) is 14.8. The zero-order chi connectivity index (χ0) is 46.2. The Bertz CT molecular complexity index is 3970. The van der Waals surface area contributed by atoms with Crippen molar-refractivity contribution in [1.82, 2.24) is 9.13 Å². The van der Waals surface area contributed by atoms with Crippen molar-refractivity contribution in [3.8, 4) is 33.6 Å². The molecule has 0 amide bonds. The molecule has 2 aromatic heterocycles. The van der Waals surface area contributed by atoms with E-state index in [1.165, 1.54) is 81.1 Å². The van der Waals surface area contributed by atoms with Crippen molar-refractivity contribution in [2.75, 3.05) is 4.90 Å². The fourth-order valence-corrected chi connectivity index (χ4v) is 16.7. The minimum Gasteiger partial charge on any atom is -0.309 e. The second-order valence-electron chi connectivity index (χ2n) is 18.4. The molecule has 0 unspecified atom stereocenters. The van der Waals surface area contributed by atoms with Gasteiger partial charge in [0.25, 0.3) is 0 Å². The Hall–Kier alpha value is -8.96. The molecule has 4 heteroatoms. The number of rotatable bonds is 6. The van der Waals surface area contributed by atoms with Gasteiger partial charge >= 0.3 is 0 Å². The maximum absolute atomic E-state index is 3.00. The molecule has 11 aromatic carbocycles. The third-order valence-corrected chi connectivity index (χ3v) is 19.6. The first kappa shape index (κ1) is 40.1. The first-order valence-electron chi connectivity index (χ1n) is 24.2. The van der Waals surface area contributed by atoms with Crippen molar-refractivity contribution in [3.63, 3.8) is 0 Å². The van der Waals surface area contributed by atoms with Crippen LogP contribution in [0.4, 0.5) is 17.1 Å². The van der Waals surface area contributed by atoms with Gasteiger partial charge in [-0.05, 0) is 92.5 Å². The molecule has 3 heterocycles. The molecule has 0 N–H and O–H groups in total. The molecule has 1 aliphatic rings. The molecule has 1 aliphatic heterocycles. The van der Waals surface area contributed by atoms with Crippen LogP contribution in [0.15, 0.2) is 273 Å². The van der Waals surface area contributed by atoms with Crippen LogP contribution in [0.3, 0.4) is 0 Å². The largest absolute Gasteiger partial charge is 0.309 e. The van der Waals surface area contributed by atoms with Crippen LogP contribution in [0.5, 0.6) is 0 Å². The summed E-state index contributed by atoms with van der Waals surface area (Å²) in [6, 6.07) is 102. The van der Waals surface area contributed by atoms with Crippen molar-refractivity contribution in [1.29, 1.82) is 0 Å². The predicted octanol–water partition coefficient (Wildman–Crippen LogP) is 14.4. The molecular formula is C66H45N3Si. The Morgan fingerprint density at radius 3 is 1.36 bits per heavy atom. The summed E-state index contributed by atoms with van der Waals surface area (Å²) in [5, 5.41) is 10.2. The molecule has 3 nitrogen and oxygen atoms in total. The van der Waals surface area contributed by atoms with Crippen molar-refractivity contribution < 1.29 is 0 Å². The van der Waals surface area contributed by atoms with Gasteiger partial charge in [-0.3, -0.25) is 0 Å².